The van der Waals surface area contributed by atoms with E-state index < -0.39 is 0 Å². The molecule has 10 aromatic carbocycles. The van der Waals surface area contributed by atoms with Gasteiger partial charge in [0.05, 0.1) is 11.4 Å². The zero-order valence-corrected chi connectivity index (χ0v) is 31.7. The number of hydrogen-bond acceptors (Lipinski definition) is 2. The number of fused-ring (bicyclic) bond motifs is 5. The molecule has 0 aliphatic carbocycles. The van der Waals surface area contributed by atoms with E-state index >= 15 is 0 Å². The molecule has 2 heteroatoms. The van der Waals surface area contributed by atoms with Crippen molar-refractivity contribution in [3.05, 3.63) is 224 Å². The van der Waals surface area contributed by atoms with Gasteiger partial charge in [-0.3, -0.25) is 0 Å². The van der Waals surface area contributed by atoms with Crippen molar-refractivity contribution in [2.75, 3.05) is 4.90 Å². The Labute approximate surface area is 337 Å². The zero-order valence-electron chi connectivity index (χ0n) is 31.7. The average molecular weight is 740 g/mol. The summed E-state index contributed by atoms with van der Waals surface area (Å²) in [6.45, 7) is 0. The van der Waals surface area contributed by atoms with Crippen LogP contribution >= 0.6 is 0 Å². The van der Waals surface area contributed by atoms with Crippen LogP contribution in [0, 0.1) is 0 Å². The fourth-order valence-corrected chi connectivity index (χ4v) is 8.58. The van der Waals surface area contributed by atoms with Gasteiger partial charge in [-0.25, -0.2) is 0 Å². The molecule has 0 spiro atoms. The molecule has 0 amide bonds. The third kappa shape index (κ3) is 5.91. The minimum Gasteiger partial charge on any atom is -0.455 e. The van der Waals surface area contributed by atoms with Crippen LogP contribution in [0.3, 0.4) is 0 Å². The second-order valence-corrected chi connectivity index (χ2v) is 14.9. The van der Waals surface area contributed by atoms with Crippen molar-refractivity contribution < 1.29 is 4.42 Å². The molecule has 0 N–H and O–H groups in total. The minimum atomic E-state index is 0.884. The molecule has 0 unspecified atom stereocenters. The molecule has 0 atom stereocenters. The second-order valence-electron chi connectivity index (χ2n) is 14.9. The number of benzene rings is 10. The highest BCUT2D eigenvalue weighted by molar-refractivity contribution is 6.14. The number of para-hydroxylation sites is 3. The maximum Gasteiger partial charge on any atom is 0.143 e. The fraction of sp³-hybridized carbons (Fsp3) is 0. The van der Waals surface area contributed by atoms with Gasteiger partial charge in [0.2, 0.25) is 0 Å². The largest absolute Gasteiger partial charge is 0.455 e. The van der Waals surface area contributed by atoms with Crippen LogP contribution in [0.5, 0.6) is 0 Å². The molecule has 0 aliphatic rings. The number of hydrogen-bond donors (Lipinski definition) is 0. The topological polar surface area (TPSA) is 16.4 Å². The van der Waals surface area contributed by atoms with E-state index in [4.69, 9.17) is 4.42 Å². The summed E-state index contributed by atoms with van der Waals surface area (Å²) in [4.78, 5) is 2.43. The highest BCUT2D eigenvalue weighted by atomic mass is 16.3. The molecule has 11 rings (SSSR count). The zero-order chi connectivity index (χ0) is 38.4. The smallest absolute Gasteiger partial charge is 0.143 e. The molecule has 11 aromatic rings. The highest BCUT2D eigenvalue weighted by Gasteiger charge is 2.23. The standard InChI is InChI=1S/C56H37NO/c1-2-14-38(15-3-1)40-28-31-41(32-29-40)48-22-8-10-26-53(48)57(47-21-12-20-43(35-47)46-33-30-39-16-4-5-17-42(39)34-46)54-27-11-9-23-49(54)50-24-13-25-51-52-36-44-18-6-7-19-45(44)37-55(52)58-56(50)51/h1-37H. The highest BCUT2D eigenvalue weighted by Crippen LogP contribution is 2.47. The molecule has 58 heavy (non-hydrogen) atoms. The molecule has 0 bridgehead atoms. The monoisotopic (exact) mass is 739 g/mol. The number of anilines is 3. The summed E-state index contributed by atoms with van der Waals surface area (Å²) >= 11 is 0. The van der Waals surface area contributed by atoms with Gasteiger partial charge in [-0.1, -0.05) is 182 Å². The molecule has 272 valence electrons. The van der Waals surface area contributed by atoms with Gasteiger partial charge in [0.25, 0.3) is 0 Å². The van der Waals surface area contributed by atoms with Crippen molar-refractivity contribution in [1.29, 1.82) is 0 Å². The predicted octanol–water partition coefficient (Wildman–Crippen LogP) is 16.0. The molecule has 0 saturated carbocycles. The molecule has 1 heterocycles. The van der Waals surface area contributed by atoms with E-state index in [1.807, 2.05) is 0 Å². The first kappa shape index (κ1) is 33.6. The van der Waals surface area contributed by atoms with E-state index in [1.165, 1.54) is 38.2 Å². The maximum absolute atomic E-state index is 6.83. The lowest BCUT2D eigenvalue weighted by molar-refractivity contribution is 0.670. The molecule has 2 nitrogen and oxygen atoms in total. The van der Waals surface area contributed by atoms with Crippen LogP contribution in [0.4, 0.5) is 17.1 Å². The molecule has 1 aromatic heterocycles. The predicted molar refractivity (Wildman–Crippen MR) is 245 cm³/mol. The Morgan fingerprint density at radius 2 is 0.828 bits per heavy atom. The van der Waals surface area contributed by atoms with E-state index in [1.54, 1.807) is 0 Å². The number of nitrogens with zero attached hydrogens (tertiary/aromatic N) is 1. The van der Waals surface area contributed by atoms with Crippen molar-refractivity contribution in [3.63, 3.8) is 0 Å². The van der Waals surface area contributed by atoms with Crippen LogP contribution in [0.15, 0.2) is 229 Å². The molecular weight excluding hydrogens is 703 g/mol. The van der Waals surface area contributed by atoms with E-state index in [0.29, 0.717) is 0 Å². The van der Waals surface area contributed by atoms with Crippen molar-refractivity contribution >= 4 is 60.5 Å². The molecule has 0 fully saturated rings. The van der Waals surface area contributed by atoms with E-state index in [0.717, 1.165) is 66.8 Å². The van der Waals surface area contributed by atoms with Crippen molar-refractivity contribution in [2.45, 2.75) is 0 Å². The lowest BCUT2D eigenvalue weighted by Crippen LogP contribution is -2.12. The first-order valence-corrected chi connectivity index (χ1v) is 19.8. The lowest BCUT2D eigenvalue weighted by atomic mass is 9.96. The van der Waals surface area contributed by atoms with Crippen LogP contribution in [-0.4, -0.2) is 0 Å². The maximum atomic E-state index is 6.83. The van der Waals surface area contributed by atoms with Gasteiger partial charge in [0, 0.05) is 33.2 Å². The molecule has 0 radical (unpaired) electrons. The van der Waals surface area contributed by atoms with Gasteiger partial charge in [0.1, 0.15) is 11.2 Å². The molecular formula is C56H37NO. The van der Waals surface area contributed by atoms with Gasteiger partial charge < -0.3 is 9.32 Å². The summed E-state index contributed by atoms with van der Waals surface area (Å²) in [6.07, 6.45) is 0. The quantitative estimate of drug-likeness (QED) is 0.162. The van der Waals surface area contributed by atoms with E-state index in [-0.39, 0.29) is 0 Å². The van der Waals surface area contributed by atoms with Crippen molar-refractivity contribution in [1.82, 2.24) is 0 Å². The minimum absolute atomic E-state index is 0.884. The Kier molecular flexibility index (Phi) is 8.19. The Hall–Kier alpha value is -7.68. The summed E-state index contributed by atoms with van der Waals surface area (Å²) in [5.74, 6) is 0. The first-order valence-electron chi connectivity index (χ1n) is 19.8. The molecule has 0 aliphatic heterocycles. The fourth-order valence-electron chi connectivity index (χ4n) is 8.58. The van der Waals surface area contributed by atoms with Crippen molar-refractivity contribution in [2.24, 2.45) is 0 Å². The van der Waals surface area contributed by atoms with E-state index in [2.05, 4.69) is 229 Å². The SMILES string of the molecule is c1ccc(-c2ccc(-c3ccccc3N(c3cccc(-c4ccc5ccccc5c4)c3)c3ccccc3-c3cccc4c3oc3cc5ccccc5cc34)cc2)cc1. The Morgan fingerprint density at radius 1 is 0.293 bits per heavy atom. The Morgan fingerprint density at radius 3 is 1.62 bits per heavy atom. The van der Waals surface area contributed by atoms with Gasteiger partial charge in [-0.15, -0.1) is 0 Å². The third-order valence-corrected chi connectivity index (χ3v) is 11.4. The van der Waals surface area contributed by atoms with Crippen LogP contribution in [0.2, 0.25) is 0 Å². The van der Waals surface area contributed by atoms with Gasteiger partial charge in [-0.2, -0.15) is 0 Å². The van der Waals surface area contributed by atoms with E-state index in [9.17, 15) is 0 Å². The Balaban J connectivity index is 1.12. The normalized spacial score (nSPS) is 11.4. The Bertz CT molecular complexity index is 3290. The summed E-state index contributed by atoms with van der Waals surface area (Å²) in [5.41, 5.74) is 14.1. The summed E-state index contributed by atoms with van der Waals surface area (Å²) < 4.78 is 6.83. The summed E-state index contributed by atoms with van der Waals surface area (Å²) in [5, 5.41) is 7.06. The average Bonchev–Trinajstić information content (AvgIpc) is 3.66. The van der Waals surface area contributed by atoms with Gasteiger partial charge in [0.15, 0.2) is 0 Å². The van der Waals surface area contributed by atoms with Gasteiger partial charge in [-0.05, 0) is 91.8 Å². The second kappa shape index (κ2) is 14.1. The summed E-state index contributed by atoms with van der Waals surface area (Å²) in [7, 11) is 0. The third-order valence-electron chi connectivity index (χ3n) is 11.4. The van der Waals surface area contributed by atoms with Crippen LogP contribution in [0.1, 0.15) is 0 Å². The lowest BCUT2D eigenvalue weighted by Gasteiger charge is -2.30. The van der Waals surface area contributed by atoms with Crippen molar-refractivity contribution in [3.8, 4) is 44.5 Å². The molecule has 0 saturated heterocycles. The number of furan rings is 1. The first-order chi connectivity index (χ1) is 28.7. The van der Waals surface area contributed by atoms with Crippen LogP contribution in [0.25, 0.3) is 88.0 Å². The van der Waals surface area contributed by atoms with Crippen LogP contribution in [-0.2, 0) is 0 Å². The van der Waals surface area contributed by atoms with Crippen LogP contribution < -0.4 is 4.90 Å². The van der Waals surface area contributed by atoms with Gasteiger partial charge >= 0.3 is 0 Å². The number of rotatable bonds is 7. The summed E-state index contributed by atoms with van der Waals surface area (Å²) in [6, 6.07) is 80.7.